The Morgan fingerprint density at radius 1 is 1.18 bits per heavy atom. The SMILES string of the molecule is [2H]C1([2H])CC([2H])(c2cc(OC([2H])(C([2H])([2H])[2H])C([2H])([2H])[2H])c(Nc3ncc(Cl)c(Nc4ccccc4S(=O)(=O)C([2H])(C([2H])([2H])[2H])C([2H])([2H])[2H])n3)cc2C([2H])([2H])[2H])CC([2H])([2H])N1. The van der Waals surface area contributed by atoms with Crippen LogP contribution in [-0.2, 0) is 9.84 Å². The largest absolute Gasteiger partial charge is 0.489 e. The fourth-order valence-corrected chi connectivity index (χ4v) is 4.48. The molecule has 0 unspecified atom stereocenters. The smallest absolute Gasteiger partial charge is 0.229 e. The maximum atomic E-state index is 13.8. The third-order valence-electron chi connectivity index (χ3n) is 5.18. The van der Waals surface area contributed by atoms with Gasteiger partial charge in [-0.05, 0) is 101 Å². The molecule has 0 saturated carbocycles. The van der Waals surface area contributed by atoms with Crippen LogP contribution in [0.2, 0.25) is 5.02 Å². The maximum absolute atomic E-state index is 13.8. The molecule has 2 aromatic carbocycles. The highest BCUT2D eigenvalue weighted by Crippen LogP contribution is 2.37. The second-order valence-electron chi connectivity index (χ2n) is 7.73. The lowest BCUT2D eigenvalue weighted by Gasteiger charge is -2.26. The van der Waals surface area contributed by atoms with Gasteiger partial charge in [-0.15, -0.1) is 0 Å². The fourth-order valence-electron chi connectivity index (χ4n) is 3.46. The Bertz CT molecular complexity index is 2180. The second kappa shape index (κ2) is 11.9. The molecule has 4 rings (SSSR count). The van der Waals surface area contributed by atoms with E-state index >= 15 is 0 Å². The van der Waals surface area contributed by atoms with E-state index in [0.29, 0.717) is 6.07 Å². The van der Waals surface area contributed by atoms with Gasteiger partial charge in [-0.3, -0.25) is 0 Å². The Hall–Kier alpha value is -2.88. The maximum Gasteiger partial charge on any atom is 0.229 e. The summed E-state index contributed by atoms with van der Waals surface area (Å²) < 4.78 is 210. The molecular formula is C28H36ClN5O3S. The molecule has 204 valence electrons. The third kappa shape index (κ3) is 6.39. The molecule has 0 aliphatic carbocycles. The number of hydrogen-bond donors (Lipinski definition) is 3. The topological polar surface area (TPSA) is 105 Å². The molecule has 1 aromatic heterocycles. The van der Waals surface area contributed by atoms with Crippen LogP contribution in [0.1, 0.15) is 87.4 Å². The highest BCUT2D eigenvalue weighted by Gasteiger charge is 2.24. The Morgan fingerprint density at radius 2 is 1.97 bits per heavy atom. The third-order valence-corrected chi connectivity index (χ3v) is 6.93. The number of para-hydroxylation sites is 1. The average molecular weight is 580 g/mol. The number of sulfone groups is 1. The summed E-state index contributed by atoms with van der Waals surface area (Å²) >= 11 is 6.31. The Labute approximate surface area is 261 Å². The molecule has 8 nitrogen and oxygen atoms in total. The van der Waals surface area contributed by atoms with Crippen LogP contribution in [-0.4, -0.2) is 42.7 Å². The Morgan fingerprint density at radius 3 is 2.71 bits per heavy atom. The number of hydrogen-bond acceptors (Lipinski definition) is 8. The predicted molar refractivity (Wildman–Crippen MR) is 154 cm³/mol. The van der Waals surface area contributed by atoms with Gasteiger partial charge in [0, 0.05) is 28.8 Å². The minimum atomic E-state index is -5.61. The molecule has 10 heteroatoms. The molecule has 1 aliphatic heterocycles. The van der Waals surface area contributed by atoms with E-state index in [0.717, 1.165) is 30.5 Å². The van der Waals surface area contributed by atoms with E-state index < -0.39 is 132 Å². The van der Waals surface area contributed by atoms with E-state index in [1.807, 2.05) is 0 Å². The number of benzene rings is 2. The number of nitrogens with one attached hydrogen (secondary N) is 3. The first-order valence-corrected chi connectivity index (χ1v) is 12.6. The average Bonchev–Trinajstić information content (AvgIpc) is 3.02. The molecule has 0 radical (unpaired) electrons. The van der Waals surface area contributed by atoms with Gasteiger partial charge >= 0.3 is 0 Å². The van der Waals surface area contributed by atoms with Crippen molar-refractivity contribution in [3.63, 3.8) is 0 Å². The summed E-state index contributed by atoms with van der Waals surface area (Å²) in [7, 11) is -5.61. The summed E-state index contributed by atoms with van der Waals surface area (Å²) in [5.41, 5.74) is -2.60. The van der Waals surface area contributed by atoms with E-state index in [1.54, 1.807) is 0 Å². The van der Waals surface area contributed by atoms with Crippen molar-refractivity contribution in [1.82, 2.24) is 15.3 Å². The van der Waals surface area contributed by atoms with Crippen LogP contribution in [0.5, 0.6) is 5.75 Å². The molecule has 3 N–H and O–H groups in total. The van der Waals surface area contributed by atoms with E-state index in [1.165, 1.54) is 6.07 Å². The quantitative estimate of drug-likeness (QED) is 0.269. The molecule has 2 heterocycles. The molecule has 1 fully saturated rings. The van der Waals surface area contributed by atoms with Gasteiger partial charge in [0.15, 0.2) is 15.7 Å². The molecule has 1 saturated heterocycles. The number of aromatic nitrogens is 2. The summed E-state index contributed by atoms with van der Waals surface area (Å²) in [5, 5.41) is 2.58. The van der Waals surface area contributed by atoms with Crippen molar-refractivity contribution in [1.29, 1.82) is 0 Å². The minimum absolute atomic E-state index is 0.382. The number of rotatable bonds is 9. The van der Waals surface area contributed by atoms with Crippen molar-refractivity contribution in [2.45, 2.75) is 69.2 Å². The molecule has 0 bridgehead atoms. The van der Waals surface area contributed by atoms with Gasteiger partial charge in [-0.25, -0.2) is 13.4 Å². The van der Waals surface area contributed by atoms with Gasteiger partial charge in [0.1, 0.15) is 10.8 Å². The summed E-state index contributed by atoms with van der Waals surface area (Å²) in [6, 6.07) is 5.62. The first-order chi connectivity index (χ1) is 26.6. The van der Waals surface area contributed by atoms with Gasteiger partial charge in [0.25, 0.3) is 0 Å². The van der Waals surface area contributed by atoms with Crippen LogP contribution < -0.4 is 20.7 Å². The number of aryl methyl sites for hydroxylation is 1. The van der Waals surface area contributed by atoms with Gasteiger partial charge in [0.05, 0.1) is 35.1 Å². The number of piperidine rings is 1. The summed E-state index contributed by atoms with van der Waals surface area (Å²) in [6.45, 7) is -23.8. The molecule has 3 aromatic rings. The van der Waals surface area contributed by atoms with Crippen molar-refractivity contribution in [2.75, 3.05) is 23.6 Å². The monoisotopic (exact) mass is 579 g/mol. The van der Waals surface area contributed by atoms with E-state index in [-0.39, 0.29) is 5.02 Å². The lowest BCUT2D eigenvalue weighted by Crippen LogP contribution is -2.27. The van der Waals surface area contributed by atoms with Gasteiger partial charge < -0.3 is 20.7 Å². The van der Waals surface area contributed by atoms with Crippen molar-refractivity contribution < 1.29 is 43.3 Å². The van der Waals surface area contributed by atoms with Gasteiger partial charge in [0.2, 0.25) is 5.95 Å². The zero-order chi connectivity index (χ0) is 46.3. The molecule has 0 atom stereocenters. The minimum Gasteiger partial charge on any atom is -0.489 e. The van der Waals surface area contributed by atoms with Crippen LogP contribution >= 0.6 is 11.6 Å². The van der Waals surface area contributed by atoms with Gasteiger partial charge in [-0.2, -0.15) is 4.98 Å². The Kier molecular flexibility index (Phi) is 3.54. The number of halogens is 1. The number of ether oxygens (including phenoxy) is 1. The van der Waals surface area contributed by atoms with E-state index in [9.17, 15) is 9.79 Å². The molecule has 0 amide bonds. The van der Waals surface area contributed by atoms with Crippen LogP contribution in [0.15, 0.2) is 47.5 Å². The normalized spacial score (nSPS) is 28.9. The Balaban J connectivity index is 1.96. The summed E-state index contributed by atoms with van der Waals surface area (Å²) in [6.07, 6.45) is -4.69. The van der Waals surface area contributed by atoms with Gasteiger partial charge in [-0.1, -0.05) is 23.7 Å². The van der Waals surface area contributed by atoms with Crippen molar-refractivity contribution in [2.24, 2.45) is 0 Å². The van der Waals surface area contributed by atoms with Crippen LogP contribution in [0.3, 0.4) is 0 Å². The van der Waals surface area contributed by atoms with Crippen molar-refractivity contribution in [3.05, 3.63) is 58.7 Å². The van der Waals surface area contributed by atoms with Crippen LogP contribution in [0.25, 0.3) is 0 Å². The number of anilines is 4. The first kappa shape index (κ1) is 11.3. The standard InChI is InChI=1S/C28H36ClN5O3S/c1-17(2)37-25-15-21(20-10-12-30-13-11-20)19(5)14-24(25)33-28-31-16-22(29)27(34-28)32-23-8-6-7-9-26(23)38(35,36)18(3)4/h6-9,14-18,20,30H,10-13H2,1-5H3,(H2,31,32,33,34)/i1D3,2D3,3D3,4D3,5D3,12D2,13D2,17D,18D,20D. The van der Waals surface area contributed by atoms with Crippen LogP contribution in [0, 0.1) is 6.85 Å². The summed E-state index contributed by atoms with van der Waals surface area (Å²) in [4.78, 5) is 7.05. The molecule has 1 aliphatic rings. The zero-order valence-electron chi connectivity index (χ0n) is 41.4. The highest BCUT2D eigenvalue weighted by molar-refractivity contribution is 7.92. The van der Waals surface area contributed by atoms with Crippen LogP contribution in [0.4, 0.5) is 23.1 Å². The zero-order valence-corrected chi connectivity index (χ0v) is 20.9. The lowest BCUT2D eigenvalue weighted by atomic mass is 9.87. The summed E-state index contributed by atoms with van der Waals surface area (Å²) in [5.74, 6) is -4.52. The lowest BCUT2D eigenvalue weighted by molar-refractivity contribution is 0.243. The molecule has 38 heavy (non-hydrogen) atoms. The van der Waals surface area contributed by atoms with E-state index in [4.69, 9.17) is 45.1 Å². The van der Waals surface area contributed by atoms with E-state index in [2.05, 4.69) is 25.9 Å². The predicted octanol–water partition coefficient (Wildman–Crippen LogP) is 6.36. The van der Waals surface area contributed by atoms with Crippen molar-refractivity contribution >= 4 is 44.6 Å². The number of nitrogens with zero attached hydrogens (tertiary/aromatic N) is 2. The molecular weight excluding hydrogens is 522 g/mol. The van der Waals surface area contributed by atoms with Crippen molar-refractivity contribution in [3.8, 4) is 5.75 Å². The first-order valence-electron chi connectivity index (χ1n) is 21.7. The fraction of sp³-hybridized carbons (Fsp3) is 0.429. The molecule has 0 spiro atoms. The highest BCUT2D eigenvalue weighted by atomic mass is 35.5. The second-order valence-corrected chi connectivity index (χ2v) is 9.99.